The van der Waals surface area contributed by atoms with Crippen molar-refractivity contribution in [2.45, 2.75) is 58.4 Å². The van der Waals surface area contributed by atoms with Crippen LogP contribution in [-0.4, -0.2) is 14.8 Å². The van der Waals surface area contributed by atoms with Crippen molar-refractivity contribution in [2.24, 2.45) is 5.92 Å². The minimum atomic E-state index is 0.485. The number of hydrogen-bond acceptors (Lipinski definition) is 2. The van der Waals surface area contributed by atoms with Gasteiger partial charge in [-0.25, -0.2) is 0 Å². The van der Waals surface area contributed by atoms with Gasteiger partial charge in [-0.2, -0.15) is 0 Å². The topological polar surface area (TPSA) is 30.7 Å². The lowest BCUT2D eigenvalue weighted by Gasteiger charge is -2.12. The Bertz CT molecular complexity index is 298. The summed E-state index contributed by atoms with van der Waals surface area (Å²) in [6.07, 6.45) is 9.97. The summed E-state index contributed by atoms with van der Waals surface area (Å²) in [6.45, 7) is 4.37. The molecule has 0 aliphatic heterocycles. The molecule has 84 valence electrons. The number of hydrogen-bond donors (Lipinski definition) is 0. The highest BCUT2D eigenvalue weighted by Gasteiger charge is 2.16. The predicted octanol–water partition coefficient (Wildman–Crippen LogP) is 2.98. The highest BCUT2D eigenvalue weighted by atomic mass is 15.3. The van der Waals surface area contributed by atoms with Gasteiger partial charge in [0.25, 0.3) is 0 Å². The molecule has 3 heteroatoms. The zero-order chi connectivity index (χ0) is 10.7. The van der Waals surface area contributed by atoms with Crippen LogP contribution in [0.2, 0.25) is 0 Å². The van der Waals surface area contributed by atoms with Crippen LogP contribution < -0.4 is 0 Å². The third-order valence-corrected chi connectivity index (χ3v) is 3.45. The largest absolute Gasteiger partial charge is 0.315 e. The van der Waals surface area contributed by atoms with Gasteiger partial charge in [0.2, 0.25) is 0 Å². The van der Waals surface area contributed by atoms with Crippen molar-refractivity contribution in [3.05, 3.63) is 12.2 Å². The second kappa shape index (κ2) is 4.77. The third-order valence-electron chi connectivity index (χ3n) is 3.45. The van der Waals surface area contributed by atoms with Crippen molar-refractivity contribution in [2.75, 3.05) is 0 Å². The van der Waals surface area contributed by atoms with E-state index in [0.29, 0.717) is 6.04 Å². The fourth-order valence-corrected chi connectivity index (χ4v) is 2.51. The first-order valence-electron chi connectivity index (χ1n) is 6.15. The number of rotatable bonds is 4. The average Bonchev–Trinajstić information content (AvgIpc) is 2.86. The molecule has 15 heavy (non-hydrogen) atoms. The molecular weight excluding hydrogens is 186 g/mol. The summed E-state index contributed by atoms with van der Waals surface area (Å²) in [6, 6.07) is 0.485. The van der Waals surface area contributed by atoms with Crippen molar-refractivity contribution >= 4 is 0 Å². The maximum Gasteiger partial charge on any atom is 0.133 e. The normalized spacial score (nSPS) is 17.8. The lowest BCUT2D eigenvalue weighted by Crippen LogP contribution is -2.07. The summed E-state index contributed by atoms with van der Waals surface area (Å²) in [4.78, 5) is 0. The van der Waals surface area contributed by atoms with Gasteiger partial charge in [0.1, 0.15) is 12.2 Å². The SMILES string of the molecule is CC(C)n1cnnc1CCC1CCCC1. The standard InChI is InChI=1S/C12H21N3/c1-10(2)15-9-13-14-12(15)8-7-11-5-3-4-6-11/h9-11H,3-8H2,1-2H3. The van der Waals surface area contributed by atoms with Gasteiger partial charge in [0.05, 0.1) is 0 Å². The Morgan fingerprint density at radius 3 is 2.80 bits per heavy atom. The van der Waals surface area contributed by atoms with E-state index in [9.17, 15) is 0 Å². The van der Waals surface area contributed by atoms with Crippen LogP contribution in [0.1, 0.15) is 57.8 Å². The highest BCUT2D eigenvalue weighted by Crippen LogP contribution is 2.28. The van der Waals surface area contributed by atoms with Gasteiger partial charge in [-0.3, -0.25) is 0 Å². The molecule has 0 unspecified atom stereocenters. The number of nitrogens with zero attached hydrogens (tertiary/aromatic N) is 3. The smallest absolute Gasteiger partial charge is 0.133 e. The minimum absolute atomic E-state index is 0.485. The van der Waals surface area contributed by atoms with Crippen LogP contribution in [0.3, 0.4) is 0 Å². The summed E-state index contributed by atoms with van der Waals surface area (Å²) < 4.78 is 2.19. The van der Waals surface area contributed by atoms with E-state index in [-0.39, 0.29) is 0 Å². The zero-order valence-corrected chi connectivity index (χ0v) is 9.82. The highest BCUT2D eigenvalue weighted by molar-refractivity contribution is 4.89. The van der Waals surface area contributed by atoms with Crippen LogP contribution in [0.5, 0.6) is 0 Å². The fourth-order valence-electron chi connectivity index (χ4n) is 2.51. The molecule has 0 bridgehead atoms. The van der Waals surface area contributed by atoms with E-state index in [2.05, 4.69) is 28.6 Å². The monoisotopic (exact) mass is 207 g/mol. The van der Waals surface area contributed by atoms with Gasteiger partial charge in [-0.05, 0) is 26.2 Å². The van der Waals surface area contributed by atoms with Crippen molar-refractivity contribution in [1.29, 1.82) is 0 Å². The van der Waals surface area contributed by atoms with Crippen LogP contribution in [0.15, 0.2) is 6.33 Å². The molecule has 0 spiro atoms. The summed E-state index contributed by atoms with van der Waals surface area (Å²) in [5.74, 6) is 2.11. The molecule has 0 N–H and O–H groups in total. The molecule has 2 rings (SSSR count). The maximum absolute atomic E-state index is 4.21. The van der Waals surface area contributed by atoms with E-state index in [1.807, 2.05) is 6.33 Å². The summed E-state index contributed by atoms with van der Waals surface area (Å²) in [7, 11) is 0. The molecule has 1 aromatic rings. The molecule has 0 saturated heterocycles. The Hall–Kier alpha value is -0.860. The second-order valence-corrected chi connectivity index (χ2v) is 4.94. The first kappa shape index (κ1) is 10.7. The van der Waals surface area contributed by atoms with Gasteiger partial charge in [-0.1, -0.05) is 25.7 Å². The van der Waals surface area contributed by atoms with Crippen molar-refractivity contribution in [3.8, 4) is 0 Å². The Kier molecular flexibility index (Phi) is 3.39. The molecule has 1 aliphatic carbocycles. The molecule has 1 aliphatic rings. The van der Waals surface area contributed by atoms with Gasteiger partial charge in [0, 0.05) is 12.5 Å². The van der Waals surface area contributed by atoms with Gasteiger partial charge < -0.3 is 4.57 Å². The first-order valence-corrected chi connectivity index (χ1v) is 6.15. The van der Waals surface area contributed by atoms with Gasteiger partial charge in [0.15, 0.2) is 0 Å². The fraction of sp³-hybridized carbons (Fsp3) is 0.833. The zero-order valence-electron chi connectivity index (χ0n) is 9.82. The van der Waals surface area contributed by atoms with E-state index in [0.717, 1.165) is 18.2 Å². The Labute approximate surface area is 91.9 Å². The molecule has 1 aromatic heterocycles. The summed E-state index contributed by atoms with van der Waals surface area (Å²) >= 11 is 0. The van der Waals surface area contributed by atoms with Crippen LogP contribution in [0, 0.1) is 5.92 Å². The summed E-state index contributed by atoms with van der Waals surface area (Å²) in [5, 5.41) is 8.21. The van der Waals surface area contributed by atoms with Gasteiger partial charge >= 0.3 is 0 Å². The molecule has 3 nitrogen and oxygen atoms in total. The van der Waals surface area contributed by atoms with Crippen LogP contribution in [0.25, 0.3) is 0 Å². The van der Waals surface area contributed by atoms with Crippen molar-refractivity contribution in [1.82, 2.24) is 14.8 Å². The second-order valence-electron chi connectivity index (χ2n) is 4.94. The molecule has 1 heterocycles. The maximum atomic E-state index is 4.21. The Morgan fingerprint density at radius 1 is 1.40 bits per heavy atom. The molecule has 0 aromatic carbocycles. The van der Waals surface area contributed by atoms with Gasteiger partial charge in [-0.15, -0.1) is 10.2 Å². The first-order chi connectivity index (χ1) is 7.27. The quantitative estimate of drug-likeness (QED) is 0.760. The van der Waals surface area contributed by atoms with Crippen LogP contribution in [-0.2, 0) is 6.42 Å². The Balaban J connectivity index is 1.89. The minimum Gasteiger partial charge on any atom is -0.315 e. The molecular formula is C12H21N3. The lowest BCUT2D eigenvalue weighted by molar-refractivity contribution is 0.478. The lowest BCUT2D eigenvalue weighted by atomic mass is 10.0. The Morgan fingerprint density at radius 2 is 2.13 bits per heavy atom. The van der Waals surface area contributed by atoms with E-state index in [1.54, 1.807) is 0 Å². The molecule has 0 amide bonds. The van der Waals surface area contributed by atoms with Crippen LogP contribution >= 0.6 is 0 Å². The predicted molar refractivity (Wildman–Crippen MR) is 60.7 cm³/mol. The number of aryl methyl sites for hydroxylation is 1. The molecule has 1 fully saturated rings. The number of aromatic nitrogens is 3. The van der Waals surface area contributed by atoms with E-state index in [1.165, 1.54) is 32.1 Å². The van der Waals surface area contributed by atoms with Crippen LogP contribution in [0.4, 0.5) is 0 Å². The molecule has 0 atom stereocenters. The van der Waals surface area contributed by atoms with E-state index >= 15 is 0 Å². The van der Waals surface area contributed by atoms with E-state index in [4.69, 9.17) is 0 Å². The van der Waals surface area contributed by atoms with E-state index < -0.39 is 0 Å². The molecule has 0 radical (unpaired) electrons. The van der Waals surface area contributed by atoms with Crippen molar-refractivity contribution in [3.63, 3.8) is 0 Å². The molecule has 1 saturated carbocycles. The van der Waals surface area contributed by atoms with Crippen molar-refractivity contribution < 1.29 is 0 Å². The average molecular weight is 207 g/mol. The third kappa shape index (κ3) is 2.58. The summed E-state index contributed by atoms with van der Waals surface area (Å²) in [5.41, 5.74) is 0.